The number of hydrogen-bond acceptors (Lipinski definition) is 3. The van der Waals surface area contributed by atoms with E-state index in [1.54, 1.807) is 30.3 Å². The molecule has 1 aromatic carbocycles. The lowest BCUT2D eigenvalue weighted by Gasteiger charge is -1.88. The van der Waals surface area contributed by atoms with Crippen molar-refractivity contribution in [3.05, 3.63) is 35.9 Å². The summed E-state index contributed by atoms with van der Waals surface area (Å²) in [6, 6.07) is 8.30. The predicted octanol–water partition coefficient (Wildman–Crippen LogP) is 0.712. The summed E-state index contributed by atoms with van der Waals surface area (Å²) in [5.74, 6) is -0.879. The molecule has 0 spiro atoms. The van der Waals surface area contributed by atoms with E-state index >= 15 is 0 Å². The molecule has 0 aliphatic carbocycles. The first-order valence-electron chi connectivity index (χ1n) is 4.31. The SMILES string of the molecule is NCCCO.O=C(O)c1ccccc1. The fourth-order valence-corrected chi connectivity index (χ4v) is 0.672. The van der Waals surface area contributed by atoms with Crippen LogP contribution >= 0.6 is 0 Å². The van der Waals surface area contributed by atoms with E-state index in [9.17, 15) is 4.79 Å². The molecule has 4 nitrogen and oxygen atoms in total. The van der Waals surface area contributed by atoms with Crippen LogP contribution in [0.4, 0.5) is 0 Å². The molecule has 0 heterocycles. The number of benzene rings is 1. The van der Waals surface area contributed by atoms with Gasteiger partial charge in [-0.3, -0.25) is 0 Å². The van der Waals surface area contributed by atoms with Crippen molar-refractivity contribution in [3.63, 3.8) is 0 Å². The second-order valence-electron chi connectivity index (χ2n) is 2.54. The number of hydrogen-bond donors (Lipinski definition) is 3. The number of carbonyl (C=O) groups is 1. The summed E-state index contributed by atoms with van der Waals surface area (Å²) in [6.07, 6.45) is 0.722. The molecule has 4 heteroatoms. The van der Waals surface area contributed by atoms with Gasteiger partial charge in [0.25, 0.3) is 0 Å². The van der Waals surface area contributed by atoms with Gasteiger partial charge < -0.3 is 15.9 Å². The van der Waals surface area contributed by atoms with Crippen LogP contribution in [-0.2, 0) is 0 Å². The van der Waals surface area contributed by atoms with E-state index in [0.717, 1.165) is 6.42 Å². The predicted molar refractivity (Wildman–Crippen MR) is 54.2 cm³/mol. The minimum absolute atomic E-state index is 0.219. The maximum atomic E-state index is 10.2. The highest BCUT2D eigenvalue weighted by atomic mass is 16.4. The number of aliphatic hydroxyl groups excluding tert-OH is 1. The summed E-state index contributed by atoms with van der Waals surface area (Å²) < 4.78 is 0. The molecule has 0 radical (unpaired) electrons. The van der Waals surface area contributed by atoms with E-state index in [0.29, 0.717) is 12.1 Å². The molecule has 0 aliphatic heterocycles. The molecule has 1 rings (SSSR count). The number of carboxylic acids is 1. The lowest BCUT2D eigenvalue weighted by molar-refractivity contribution is 0.0697. The topological polar surface area (TPSA) is 83.5 Å². The Morgan fingerprint density at radius 2 is 1.86 bits per heavy atom. The zero-order valence-electron chi connectivity index (χ0n) is 7.89. The first-order valence-corrected chi connectivity index (χ1v) is 4.31. The highest BCUT2D eigenvalue weighted by Crippen LogP contribution is 1.96. The monoisotopic (exact) mass is 197 g/mol. The Kier molecular flexibility index (Phi) is 7.40. The molecule has 0 bridgehead atoms. The fraction of sp³-hybridized carbons (Fsp3) is 0.300. The van der Waals surface area contributed by atoms with E-state index in [2.05, 4.69) is 0 Å². The molecule has 1 aromatic rings. The lowest BCUT2D eigenvalue weighted by Crippen LogP contribution is -1.99. The Bertz CT molecular complexity index is 247. The molecule has 0 unspecified atom stereocenters. The standard InChI is InChI=1S/C7H6O2.C3H9NO/c8-7(9)6-4-2-1-3-5-6;4-2-1-3-5/h1-5H,(H,8,9);5H,1-4H2. The second-order valence-corrected chi connectivity index (χ2v) is 2.54. The number of rotatable bonds is 3. The second kappa shape index (κ2) is 8.22. The summed E-state index contributed by atoms with van der Waals surface area (Å²) >= 11 is 0. The average molecular weight is 197 g/mol. The third-order valence-electron chi connectivity index (χ3n) is 1.38. The first-order chi connectivity index (χ1) is 6.72. The quantitative estimate of drug-likeness (QED) is 0.666. The van der Waals surface area contributed by atoms with Gasteiger partial charge in [0.15, 0.2) is 0 Å². The van der Waals surface area contributed by atoms with Crippen molar-refractivity contribution in [2.24, 2.45) is 5.73 Å². The van der Waals surface area contributed by atoms with Crippen LogP contribution in [0.3, 0.4) is 0 Å². The van der Waals surface area contributed by atoms with E-state index in [1.807, 2.05) is 0 Å². The fourth-order valence-electron chi connectivity index (χ4n) is 0.672. The van der Waals surface area contributed by atoms with Crippen LogP contribution in [0.1, 0.15) is 16.8 Å². The van der Waals surface area contributed by atoms with Gasteiger partial charge >= 0.3 is 5.97 Å². The normalized spacial score (nSPS) is 8.71. The van der Waals surface area contributed by atoms with Crippen LogP contribution in [0.25, 0.3) is 0 Å². The van der Waals surface area contributed by atoms with Gasteiger partial charge in [-0.15, -0.1) is 0 Å². The molecule has 14 heavy (non-hydrogen) atoms. The molecule has 0 fully saturated rings. The van der Waals surface area contributed by atoms with Gasteiger partial charge in [0.1, 0.15) is 0 Å². The van der Waals surface area contributed by atoms with Gasteiger partial charge in [-0.05, 0) is 25.1 Å². The average Bonchev–Trinajstić information content (AvgIpc) is 2.21. The van der Waals surface area contributed by atoms with E-state index in [4.69, 9.17) is 15.9 Å². The molecule has 0 saturated carbocycles. The maximum absolute atomic E-state index is 10.2. The molecular weight excluding hydrogens is 182 g/mol. The van der Waals surface area contributed by atoms with Crippen LogP contribution in [0, 0.1) is 0 Å². The van der Waals surface area contributed by atoms with Gasteiger partial charge in [-0.25, -0.2) is 4.79 Å². The summed E-state index contributed by atoms with van der Waals surface area (Å²) in [6.45, 7) is 0.812. The number of aromatic carboxylic acids is 1. The molecule has 0 aliphatic rings. The van der Waals surface area contributed by atoms with Crippen LogP contribution < -0.4 is 5.73 Å². The van der Waals surface area contributed by atoms with E-state index in [-0.39, 0.29) is 6.61 Å². The van der Waals surface area contributed by atoms with Crippen LogP contribution in [0.15, 0.2) is 30.3 Å². The third kappa shape index (κ3) is 6.16. The number of aliphatic hydroxyl groups is 1. The summed E-state index contributed by atoms with van der Waals surface area (Å²) in [7, 11) is 0. The Balaban J connectivity index is 0.000000292. The smallest absolute Gasteiger partial charge is 0.335 e. The van der Waals surface area contributed by atoms with Crippen molar-refractivity contribution in [1.29, 1.82) is 0 Å². The summed E-state index contributed by atoms with van der Waals surface area (Å²) in [5.41, 5.74) is 5.31. The highest BCUT2D eigenvalue weighted by molar-refractivity contribution is 5.87. The minimum Gasteiger partial charge on any atom is -0.478 e. The van der Waals surface area contributed by atoms with Crippen molar-refractivity contribution in [2.45, 2.75) is 6.42 Å². The van der Waals surface area contributed by atoms with Gasteiger partial charge in [0.05, 0.1) is 5.56 Å². The van der Waals surface area contributed by atoms with E-state index < -0.39 is 5.97 Å². The van der Waals surface area contributed by atoms with Crippen molar-refractivity contribution in [2.75, 3.05) is 13.2 Å². The lowest BCUT2D eigenvalue weighted by atomic mass is 10.2. The van der Waals surface area contributed by atoms with Gasteiger partial charge in [0, 0.05) is 6.61 Å². The Hall–Kier alpha value is -1.39. The molecule has 0 saturated heterocycles. The summed E-state index contributed by atoms with van der Waals surface area (Å²) in [5, 5.41) is 16.4. The Morgan fingerprint density at radius 3 is 2.07 bits per heavy atom. The van der Waals surface area contributed by atoms with Gasteiger partial charge in [-0.2, -0.15) is 0 Å². The Morgan fingerprint density at radius 1 is 1.29 bits per heavy atom. The molecule has 78 valence electrons. The van der Waals surface area contributed by atoms with Crippen LogP contribution in [0.5, 0.6) is 0 Å². The highest BCUT2D eigenvalue weighted by Gasteiger charge is 1.96. The molecule has 0 amide bonds. The number of nitrogens with two attached hydrogens (primary N) is 1. The summed E-state index contributed by atoms with van der Waals surface area (Å²) in [4.78, 5) is 10.2. The molecular formula is C10H15NO3. The maximum Gasteiger partial charge on any atom is 0.335 e. The molecule has 0 aromatic heterocycles. The van der Waals surface area contributed by atoms with Gasteiger partial charge in [0.2, 0.25) is 0 Å². The van der Waals surface area contributed by atoms with Crippen molar-refractivity contribution in [3.8, 4) is 0 Å². The zero-order valence-corrected chi connectivity index (χ0v) is 7.89. The molecule has 4 N–H and O–H groups in total. The third-order valence-corrected chi connectivity index (χ3v) is 1.38. The molecule has 0 atom stereocenters. The number of carboxylic acid groups (broad SMARTS) is 1. The van der Waals surface area contributed by atoms with Crippen molar-refractivity contribution in [1.82, 2.24) is 0 Å². The van der Waals surface area contributed by atoms with E-state index in [1.165, 1.54) is 0 Å². The van der Waals surface area contributed by atoms with Crippen LogP contribution in [0.2, 0.25) is 0 Å². The first kappa shape index (κ1) is 12.6. The van der Waals surface area contributed by atoms with Crippen molar-refractivity contribution < 1.29 is 15.0 Å². The minimum atomic E-state index is -0.879. The zero-order chi connectivity index (χ0) is 10.8. The van der Waals surface area contributed by atoms with Gasteiger partial charge in [-0.1, -0.05) is 18.2 Å². The largest absolute Gasteiger partial charge is 0.478 e. The Labute approximate surface area is 83.0 Å². The van der Waals surface area contributed by atoms with Crippen molar-refractivity contribution >= 4 is 5.97 Å². The van der Waals surface area contributed by atoms with Crippen LogP contribution in [-0.4, -0.2) is 29.3 Å².